The van der Waals surface area contributed by atoms with Crippen molar-refractivity contribution in [1.29, 1.82) is 0 Å². The van der Waals surface area contributed by atoms with E-state index in [1.807, 2.05) is 0 Å². The van der Waals surface area contributed by atoms with E-state index < -0.39 is 11.9 Å². The van der Waals surface area contributed by atoms with E-state index in [2.05, 4.69) is 73.3 Å². The molecule has 0 aromatic heterocycles. The van der Waals surface area contributed by atoms with Gasteiger partial charge in [-0.25, -0.2) is 9.59 Å². The number of nitrogens with zero attached hydrogens (tertiary/aromatic N) is 1. The lowest BCUT2D eigenvalue weighted by Crippen LogP contribution is -2.40. The molecule has 1 unspecified atom stereocenters. The molecule has 0 saturated heterocycles. The van der Waals surface area contributed by atoms with Crippen LogP contribution in [-0.2, 0) is 22.6 Å². The highest BCUT2D eigenvalue weighted by molar-refractivity contribution is 6.27. The third-order valence-electron chi connectivity index (χ3n) is 5.66. The molecule has 0 fully saturated rings. The molecule has 1 atom stereocenters. The molecular weight excluding hydrogens is 394 g/mol. The first-order valence-corrected chi connectivity index (χ1v) is 10.3. The molecule has 0 bridgehead atoms. The van der Waals surface area contributed by atoms with E-state index in [0.717, 1.165) is 25.3 Å². The van der Waals surface area contributed by atoms with E-state index in [4.69, 9.17) is 24.5 Å². The Balaban J connectivity index is 0.000000501. The van der Waals surface area contributed by atoms with Gasteiger partial charge in [-0.2, -0.15) is 0 Å². The lowest BCUT2D eigenvalue weighted by Gasteiger charge is -2.37. The Morgan fingerprint density at radius 3 is 2.13 bits per heavy atom. The maximum absolute atomic E-state index is 9.10. The summed E-state index contributed by atoms with van der Waals surface area (Å²) in [5, 5.41) is 14.8. The standard InChI is InChI=1S/C23H29NO.C2H2O4/c1-18-15-16-24(17-21-7-5-4-6-8-21)23(19(18)2)14-11-20-9-12-22(25-3)13-10-20;3-1(4)2(5)6/h4-10,12-13,23H,11,14-17H2,1-3H3;(H,3,4)(H,5,6). The van der Waals surface area contributed by atoms with Gasteiger partial charge in [0.2, 0.25) is 0 Å². The summed E-state index contributed by atoms with van der Waals surface area (Å²) in [6, 6.07) is 19.9. The van der Waals surface area contributed by atoms with Gasteiger partial charge < -0.3 is 14.9 Å². The first-order valence-electron chi connectivity index (χ1n) is 10.3. The highest BCUT2D eigenvalue weighted by Crippen LogP contribution is 2.28. The third-order valence-corrected chi connectivity index (χ3v) is 5.66. The zero-order valence-electron chi connectivity index (χ0n) is 18.4. The molecule has 3 rings (SSSR count). The minimum Gasteiger partial charge on any atom is -0.497 e. The summed E-state index contributed by atoms with van der Waals surface area (Å²) in [4.78, 5) is 20.9. The van der Waals surface area contributed by atoms with Gasteiger partial charge in [0, 0.05) is 19.1 Å². The van der Waals surface area contributed by atoms with Crippen LogP contribution < -0.4 is 4.74 Å². The number of methoxy groups -OCH3 is 1. The second-order valence-corrected chi connectivity index (χ2v) is 7.68. The number of hydrogen-bond donors (Lipinski definition) is 2. The van der Waals surface area contributed by atoms with E-state index >= 15 is 0 Å². The normalized spacial score (nSPS) is 16.3. The van der Waals surface area contributed by atoms with Crippen LogP contribution in [0.1, 0.15) is 37.8 Å². The minimum absolute atomic E-state index is 0.538. The monoisotopic (exact) mass is 425 g/mol. The van der Waals surface area contributed by atoms with Gasteiger partial charge in [-0.15, -0.1) is 0 Å². The summed E-state index contributed by atoms with van der Waals surface area (Å²) in [5.41, 5.74) is 5.93. The molecule has 166 valence electrons. The van der Waals surface area contributed by atoms with Crippen molar-refractivity contribution >= 4 is 11.9 Å². The van der Waals surface area contributed by atoms with Gasteiger partial charge in [0.15, 0.2) is 0 Å². The van der Waals surface area contributed by atoms with Crippen LogP contribution in [0.3, 0.4) is 0 Å². The van der Waals surface area contributed by atoms with Crippen LogP contribution in [0.5, 0.6) is 5.75 Å². The van der Waals surface area contributed by atoms with Crippen molar-refractivity contribution in [2.24, 2.45) is 0 Å². The Morgan fingerprint density at radius 2 is 1.58 bits per heavy atom. The second-order valence-electron chi connectivity index (χ2n) is 7.68. The fraction of sp³-hybridized carbons (Fsp3) is 0.360. The molecule has 1 aliphatic heterocycles. The van der Waals surface area contributed by atoms with Crippen LogP contribution in [-0.4, -0.2) is 46.7 Å². The lowest BCUT2D eigenvalue weighted by molar-refractivity contribution is -0.159. The van der Waals surface area contributed by atoms with Gasteiger partial charge in [-0.3, -0.25) is 4.90 Å². The molecule has 6 nitrogen and oxygen atoms in total. The molecule has 0 aliphatic carbocycles. The SMILES string of the molecule is COc1ccc(CCC2C(C)=C(C)CCN2Cc2ccccc2)cc1.O=C(O)C(=O)O. The first-order chi connectivity index (χ1) is 14.8. The van der Waals surface area contributed by atoms with Crippen LogP contribution in [0.25, 0.3) is 0 Å². The van der Waals surface area contributed by atoms with Crippen molar-refractivity contribution in [1.82, 2.24) is 4.90 Å². The second kappa shape index (κ2) is 11.9. The van der Waals surface area contributed by atoms with Gasteiger partial charge in [-0.05, 0) is 56.4 Å². The van der Waals surface area contributed by atoms with Gasteiger partial charge >= 0.3 is 11.9 Å². The van der Waals surface area contributed by atoms with Gasteiger partial charge in [-0.1, -0.05) is 53.6 Å². The number of hydrogen-bond acceptors (Lipinski definition) is 4. The van der Waals surface area contributed by atoms with E-state index in [1.54, 1.807) is 18.3 Å². The predicted octanol–water partition coefficient (Wildman–Crippen LogP) is 4.39. The van der Waals surface area contributed by atoms with Crippen molar-refractivity contribution in [3.63, 3.8) is 0 Å². The summed E-state index contributed by atoms with van der Waals surface area (Å²) in [5.74, 6) is -2.72. The summed E-state index contributed by atoms with van der Waals surface area (Å²) >= 11 is 0. The summed E-state index contributed by atoms with van der Waals surface area (Å²) in [6.45, 7) is 6.82. The van der Waals surface area contributed by atoms with Gasteiger partial charge in [0.05, 0.1) is 7.11 Å². The maximum atomic E-state index is 9.10. The zero-order valence-corrected chi connectivity index (χ0v) is 18.4. The fourth-order valence-electron chi connectivity index (χ4n) is 3.72. The third kappa shape index (κ3) is 7.57. The Kier molecular flexibility index (Phi) is 9.28. The van der Waals surface area contributed by atoms with Crippen LogP contribution in [0, 0.1) is 0 Å². The number of carbonyl (C=O) groups is 2. The summed E-state index contributed by atoms with van der Waals surface area (Å²) < 4.78 is 5.26. The lowest BCUT2D eigenvalue weighted by atomic mass is 9.90. The highest BCUT2D eigenvalue weighted by Gasteiger charge is 2.25. The smallest absolute Gasteiger partial charge is 0.414 e. The number of carboxylic acids is 2. The van der Waals surface area contributed by atoms with Crippen LogP contribution in [0.4, 0.5) is 0 Å². The number of ether oxygens (including phenoxy) is 1. The van der Waals surface area contributed by atoms with Crippen molar-refractivity contribution in [2.75, 3.05) is 13.7 Å². The zero-order chi connectivity index (χ0) is 22.8. The van der Waals surface area contributed by atoms with Crippen molar-refractivity contribution < 1.29 is 24.5 Å². The van der Waals surface area contributed by atoms with Crippen molar-refractivity contribution in [3.8, 4) is 5.75 Å². The van der Waals surface area contributed by atoms with Crippen molar-refractivity contribution in [2.45, 2.75) is 45.7 Å². The molecule has 2 N–H and O–H groups in total. The molecule has 0 spiro atoms. The molecular formula is C25H31NO5. The Hall–Kier alpha value is -3.12. The molecule has 1 aliphatic rings. The van der Waals surface area contributed by atoms with Crippen LogP contribution in [0.2, 0.25) is 0 Å². The fourth-order valence-corrected chi connectivity index (χ4v) is 3.72. The predicted molar refractivity (Wildman–Crippen MR) is 120 cm³/mol. The molecule has 0 amide bonds. The Labute approximate surface area is 183 Å². The molecule has 31 heavy (non-hydrogen) atoms. The highest BCUT2D eigenvalue weighted by atomic mass is 16.5. The molecule has 0 saturated carbocycles. The van der Waals surface area contributed by atoms with E-state index in [1.165, 1.54) is 24.0 Å². The number of benzene rings is 2. The van der Waals surface area contributed by atoms with E-state index in [-0.39, 0.29) is 0 Å². The number of aliphatic carboxylic acids is 2. The van der Waals surface area contributed by atoms with Gasteiger partial charge in [0.25, 0.3) is 0 Å². The molecule has 0 radical (unpaired) electrons. The van der Waals surface area contributed by atoms with Crippen LogP contribution >= 0.6 is 0 Å². The summed E-state index contributed by atoms with van der Waals surface area (Å²) in [7, 11) is 1.72. The summed E-state index contributed by atoms with van der Waals surface area (Å²) in [6.07, 6.45) is 3.46. The largest absolute Gasteiger partial charge is 0.497 e. The van der Waals surface area contributed by atoms with Gasteiger partial charge in [0.1, 0.15) is 5.75 Å². The Morgan fingerprint density at radius 1 is 0.968 bits per heavy atom. The topological polar surface area (TPSA) is 87.1 Å². The number of rotatable bonds is 6. The molecule has 2 aromatic rings. The minimum atomic E-state index is -1.82. The average molecular weight is 426 g/mol. The van der Waals surface area contributed by atoms with E-state index in [9.17, 15) is 0 Å². The number of carboxylic acid groups (broad SMARTS) is 2. The first kappa shape index (κ1) is 24.2. The molecule has 2 aromatic carbocycles. The van der Waals surface area contributed by atoms with Crippen molar-refractivity contribution in [3.05, 3.63) is 76.9 Å². The van der Waals surface area contributed by atoms with Crippen LogP contribution in [0.15, 0.2) is 65.7 Å². The number of aryl methyl sites for hydroxylation is 1. The Bertz CT molecular complexity index is 878. The average Bonchev–Trinajstić information content (AvgIpc) is 2.77. The molecule has 6 heteroatoms. The maximum Gasteiger partial charge on any atom is 0.414 e. The van der Waals surface area contributed by atoms with E-state index in [0.29, 0.717) is 6.04 Å². The molecule has 1 heterocycles. The quantitative estimate of drug-likeness (QED) is 0.527.